The zero-order valence-corrected chi connectivity index (χ0v) is 15.0. The smallest absolute Gasteiger partial charge is 0.228 e. The van der Waals surface area contributed by atoms with Crippen molar-refractivity contribution in [1.82, 2.24) is 9.78 Å². The number of hydrogen-bond acceptors (Lipinski definition) is 3. The maximum Gasteiger partial charge on any atom is 0.228 e. The first-order valence-electron chi connectivity index (χ1n) is 8.47. The molecule has 2 aromatic rings. The molecule has 1 aliphatic carbocycles. The van der Waals surface area contributed by atoms with Crippen molar-refractivity contribution < 1.29 is 4.79 Å². The molecule has 126 valence electrons. The Morgan fingerprint density at radius 2 is 1.92 bits per heavy atom. The first-order chi connectivity index (χ1) is 11.7. The van der Waals surface area contributed by atoms with E-state index in [9.17, 15) is 4.79 Å². The summed E-state index contributed by atoms with van der Waals surface area (Å²) in [6.07, 6.45) is 5.55. The Balaban J connectivity index is 1.65. The standard InChI is InChI=1S/C18H20ClN3OS/c19-13-6-8-14(9-7-13)22-17(15-10-24-11-16(15)21-22)20-18(23)12-4-2-1-3-5-12/h6-9,12H,1-5,10-11H2,(H,20,23). The van der Waals surface area contributed by atoms with Crippen molar-refractivity contribution in [3.05, 3.63) is 40.5 Å². The first kappa shape index (κ1) is 16.0. The van der Waals surface area contributed by atoms with Gasteiger partial charge in [0.05, 0.1) is 11.4 Å². The Hall–Kier alpha value is -1.46. The van der Waals surface area contributed by atoms with Gasteiger partial charge in [-0.2, -0.15) is 16.9 Å². The van der Waals surface area contributed by atoms with Gasteiger partial charge in [0.2, 0.25) is 5.91 Å². The van der Waals surface area contributed by atoms with Crippen LogP contribution in [0.5, 0.6) is 0 Å². The SMILES string of the molecule is O=C(Nc1c2c(nn1-c1ccc(Cl)cc1)CSC2)C1CCCCC1. The van der Waals surface area contributed by atoms with E-state index in [1.165, 1.54) is 12.0 Å². The average molecular weight is 362 g/mol. The summed E-state index contributed by atoms with van der Waals surface area (Å²) in [5, 5.41) is 8.61. The monoisotopic (exact) mass is 361 g/mol. The highest BCUT2D eigenvalue weighted by atomic mass is 35.5. The quantitative estimate of drug-likeness (QED) is 0.854. The number of anilines is 1. The lowest BCUT2D eigenvalue weighted by Crippen LogP contribution is -2.26. The van der Waals surface area contributed by atoms with Crippen molar-refractivity contribution in [1.29, 1.82) is 0 Å². The van der Waals surface area contributed by atoms with E-state index >= 15 is 0 Å². The Morgan fingerprint density at radius 3 is 2.67 bits per heavy atom. The van der Waals surface area contributed by atoms with Gasteiger partial charge in [-0.1, -0.05) is 30.9 Å². The Labute approximate surface area is 151 Å². The van der Waals surface area contributed by atoms with Crippen molar-refractivity contribution in [2.45, 2.75) is 43.6 Å². The van der Waals surface area contributed by atoms with Crippen molar-refractivity contribution in [2.75, 3.05) is 5.32 Å². The molecule has 1 aromatic heterocycles. The van der Waals surface area contributed by atoms with Crippen LogP contribution in [0.15, 0.2) is 24.3 Å². The molecule has 0 saturated heterocycles. The van der Waals surface area contributed by atoms with Gasteiger partial charge in [0, 0.05) is 28.0 Å². The topological polar surface area (TPSA) is 46.9 Å². The van der Waals surface area contributed by atoms with Gasteiger partial charge in [0.15, 0.2) is 0 Å². The van der Waals surface area contributed by atoms with Crippen molar-refractivity contribution in [3.63, 3.8) is 0 Å². The Kier molecular flexibility index (Phi) is 4.55. The van der Waals surface area contributed by atoms with Crippen LogP contribution in [0.1, 0.15) is 43.4 Å². The highest BCUT2D eigenvalue weighted by Gasteiger charge is 2.27. The number of fused-ring (bicyclic) bond motifs is 1. The summed E-state index contributed by atoms with van der Waals surface area (Å²) in [7, 11) is 0. The molecule has 1 N–H and O–H groups in total. The summed E-state index contributed by atoms with van der Waals surface area (Å²) in [5.41, 5.74) is 3.17. The van der Waals surface area contributed by atoms with E-state index in [1.54, 1.807) is 0 Å². The zero-order chi connectivity index (χ0) is 16.5. The normalized spacial score (nSPS) is 17.7. The minimum absolute atomic E-state index is 0.136. The molecule has 1 aromatic carbocycles. The molecule has 0 radical (unpaired) electrons. The fraction of sp³-hybridized carbons (Fsp3) is 0.444. The van der Waals surface area contributed by atoms with Crippen LogP contribution in [0.25, 0.3) is 5.69 Å². The third-order valence-electron chi connectivity index (χ3n) is 4.84. The van der Waals surface area contributed by atoms with E-state index in [0.29, 0.717) is 5.02 Å². The minimum atomic E-state index is 0.136. The molecule has 6 heteroatoms. The number of aromatic nitrogens is 2. The van der Waals surface area contributed by atoms with Crippen LogP contribution in [-0.2, 0) is 16.3 Å². The van der Waals surface area contributed by atoms with E-state index in [2.05, 4.69) is 5.32 Å². The molecule has 0 bridgehead atoms. The van der Waals surface area contributed by atoms with Gasteiger partial charge in [-0.25, -0.2) is 4.68 Å². The highest BCUT2D eigenvalue weighted by molar-refractivity contribution is 7.98. The molecular formula is C18H20ClN3OS. The zero-order valence-electron chi connectivity index (χ0n) is 13.4. The molecule has 0 unspecified atom stereocenters. The first-order valence-corrected chi connectivity index (χ1v) is 10.0. The lowest BCUT2D eigenvalue weighted by Gasteiger charge is -2.21. The summed E-state index contributed by atoms with van der Waals surface area (Å²) < 4.78 is 1.86. The molecule has 0 spiro atoms. The van der Waals surface area contributed by atoms with Gasteiger partial charge < -0.3 is 5.32 Å². The number of benzene rings is 1. The minimum Gasteiger partial charge on any atom is -0.310 e. The van der Waals surface area contributed by atoms with Gasteiger partial charge in [-0.3, -0.25) is 4.79 Å². The van der Waals surface area contributed by atoms with E-state index in [1.807, 2.05) is 40.7 Å². The molecule has 1 aliphatic heterocycles. The van der Waals surface area contributed by atoms with E-state index in [-0.39, 0.29) is 11.8 Å². The highest BCUT2D eigenvalue weighted by Crippen LogP contribution is 2.37. The van der Waals surface area contributed by atoms with Crippen LogP contribution in [0.4, 0.5) is 5.82 Å². The molecule has 2 heterocycles. The molecule has 24 heavy (non-hydrogen) atoms. The summed E-state index contributed by atoms with van der Waals surface area (Å²) >= 11 is 7.84. The molecule has 2 aliphatic rings. The average Bonchev–Trinajstić information content (AvgIpc) is 3.19. The number of thioether (sulfide) groups is 1. The van der Waals surface area contributed by atoms with Crippen molar-refractivity contribution in [2.24, 2.45) is 5.92 Å². The van der Waals surface area contributed by atoms with Gasteiger partial charge in [-0.15, -0.1) is 0 Å². The molecule has 1 fully saturated rings. The number of rotatable bonds is 3. The fourth-order valence-corrected chi connectivity index (χ4v) is 4.65. The third-order valence-corrected chi connectivity index (χ3v) is 6.06. The van der Waals surface area contributed by atoms with E-state index in [4.69, 9.17) is 16.7 Å². The number of hydrogen-bond donors (Lipinski definition) is 1. The third kappa shape index (κ3) is 3.07. The molecular weight excluding hydrogens is 342 g/mol. The molecule has 1 saturated carbocycles. The number of halogens is 1. The van der Waals surface area contributed by atoms with Crippen LogP contribution in [0.3, 0.4) is 0 Å². The fourth-order valence-electron chi connectivity index (χ4n) is 3.49. The largest absolute Gasteiger partial charge is 0.310 e. The number of nitrogens with one attached hydrogen (secondary N) is 1. The predicted molar refractivity (Wildman–Crippen MR) is 98.8 cm³/mol. The number of amides is 1. The maximum atomic E-state index is 12.7. The number of carbonyl (C=O) groups excluding carboxylic acids is 1. The second-order valence-electron chi connectivity index (χ2n) is 6.48. The van der Waals surface area contributed by atoms with E-state index in [0.717, 1.165) is 54.4 Å². The van der Waals surface area contributed by atoms with Crippen LogP contribution in [0.2, 0.25) is 5.02 Å². The number of carbonyl (C=O) groups is 1. The molecule has 4 rings (SSSR count). The van der Waals surface area contributed by atoms with Crippen LogP contribution in [0, 0.1) is 5.92 Å². The maximum absolute atomic E-state index is 12.7. The van der Waals surface area contributed by atoms with Crippen LogP contribution >= 0.6 is 23.4 Å². The summed E-state index contributed by atoms with van der Waals surface area (Å²) in [4.78, 5) is 12.7. The van der Waals surface area contributed by atoms with Crippen molar-refractivity contribution >= 4 is 35.1 Å². The summed E-state index contributed by atoms with van der Waals surface area (Å²) in [5.74, 6) is 2.93. The second-order valence-corrected chi connectivity index (χ2v) is 7.90. The predicted octanol–water partition coefficient (Wildman–Crippen LogP) is 4.79. The van der Waals surface area contributed by atoms with Gasteiger partial charge in [0.25, 0.3) is 0 Å². The van der Waals surface area contributed by atoms with Crippen molar-refractivity contribution in [3.8, 4) is 5.69 Å². The molecule has 0 atom stereocenters. The molecule has 1 amide bonds. The summed E-state index contributed by atoms with van der Waals surface area (Å²) in [6.45, 7) is 0. The lowest BCUT2D eigenvalue weighted by atomic mass is 9.88. The van der Waals surface area contributed by atoms with Gasteiger partial charge in [-0.05, 0) is 37.1 Å². The molecule has 4 nitrogen and oxygen atoms in total. The van der Waals surface area contributed by atoms with Crippen LogP contribution in [-0.4, -0.2) is 15.7 Å². The van der Waals surface area contributed by atoms with E-state index < -0.39 is 0 Å². The number of nitrogens with zero attached hydrogens (tertiary/aromatic N) is 2. The second kappa shape index (κ2) is 6.81. The van der Waals surface area contributed by atoms with Crippen LogP contribution < -0.4 is 5.32 Å². The Morgan fingerprint density at radius 1 is 1.17 bits per heavy atom. The summed E-state index contributed by atoms with van der Waals surface area (Å²) in [6, 6.07) is 7.58. The van der Waals surface area contributed by atoms with Gasteiger partial charge >= 0.3 is 0 Å². The van der Waals surface area contributed by atoms with Gasteiger partial charge in [0.1, 0.15) is 5.82 Å². The lowest BCUT2D eigenvalue weighted by molar-refractivity contribution is -0.120. The Bertz CT molecular complexity index is 750.